The summed E-state index contributed by atoms with van der Waals surface area (Å²) in [6.45, 7) is 4.33. The quantitative estimate of drug-likeness (QED) is 0.0195. The van der Waals surface area contributed by atoms with Crippen LogP contribution in [-0.4, -0.2) is 70.0 Å². The minimum Gasteiger partial charge on any atom is -0.756 e. The van der Waals surface area contributed by atoms with Crippen molar-refractivity contribution in [2.24, 2.45) is 0 Å². The third-order valence-electron chi connectivity index (χ3n) is 17.9. The predicted molar refractivity (Wildman–Crippen MR) is 379 cm³/mol. The Labute approximate surface area is 549 Å². The average Bonchev–Trinajstić information content (AvgIpc) is 3.57. The van der Waals surface area contributed by atoms with Gasteiger partial charge in [-0.2, -0.15) is 0 Å². The Bertz CT molecular complexity index is 1530. The SMILES string of the molecule is CCCCCCCCCC/C=C\CCCCCCCCCCCCCCCCCCCCCCCCCC(=O)OC(COC(=O)CCCCCCCCCCCCCCCCCCC/C=C\CCCCCCCCCC)COP(=O)([O-])OCC[N+](C)(C)C. The van der Waals surface area contributed by atoms with E-state index >= 15 is 0 Å². The molecule has 10 heteroatoms. The molecule has 0 aromatic rings. The Balaban J connectivity index is 3.92. The number of phosphoric ester groups is 1. The molecule has 2 atom stereocenters. The Morgan fingerprint density at radius 3 is 0.841 bits per heavy atom. The van der Waals surface area contributed by atoms with Crippen molar-refractivity contribution in [1.29, 1.82) is 0 Å². The van der Waals surface area contributed by atoms with Crippen LogP contribution in [0.3, 0.4) is 0 Å². The van der Waals surface area contributed by atoms with Crippen LogP contribution >= 0.6 is 7.82 Å². The minimum atomic E-state index is -4.64. The monoisotopic (exact) mass is 1260 g/mol. The maximum atomic E-state index is 12.9. The van der Waals surface area contributed by atoms with Gasteiger partial charge in [-0.3, -0.25) is 14.2 Å². The van der Waals surface area contributed by atoms with Gasteiger partial charge in [0.1, 0.15) is 19.8 Å². The normalized spacial score (nSPS) is 13.1. The number of rotatable bonds is 74. The molecule has 2 unspecified atom stereocenters. The number of allylic oxidation sites excluding steroid dienone is 4. The van der Waals surface area contributed by atoms with Crippen LogP contribution in [-0.2, 0) is 32.7 Å². The Kier molecular flexibility index (Phi) is 68.6. The van der Waals surface area contributed by atoms with Gasteiger partial charge in [-0.15, -0.1) is 0 Å². The van der Waals surface area contributed by atoms with E-state index in [1.807, 2.05) is 21.1 Å². The maximum Gasteiger partial charge on any atom is 0.306 e. The fraction of sp³-hybridized carbons (Fsp3) is 0.923. The number of esters is 2. The molecule has 88 heavy (non-hydrogen) atoms. The number of likely N-dealkylation sites (N-methyl/N-ethyl adjacent to an activating group) is 1. The van der Waals surface area contributed by atoms with Crippen molar-refractivity contribution >= 4 is 19.8 Å². The molecule has 0 aromatic heterocycles. The minimum absolute atomic E-state index is 0.0266. The maximum absolute atomic E-state index is 12.9. The third-order valence-corrected chi connectivity index (χ3v) is 18.9. The first-order chi connectivity index (χ1) is 43.0. The summed E-state index contributed by atoms with van der Waals surface area (Å²) in [4.78, 5) is 38.1. The van der Waals surface area contributed by atoms with Crippen LogP contribution in [0.5, 0.6) is 0 Å². The van der Waals surface area contributed by atoms with Gasteiger partial charge in [0.15, 0.2) is 6.10 Å². The van der Waals surface area contributed by atoms with Crippen LogP contribution in [0.25, 0.3) is 0 Å². The second kappa shape index (κ2) is 69.8. The second-order valence-electron chi connectivity index (χ2n) is 28.1. The summed E-state index contributed by atoms with van der Waals surface area (Å²) in [6, 6.07) is 0. The van der Waals surface area contributed by atoms with Crippen LogP contribution < -0.4 is 4.89 Å². The van der Waals surface area contributed by atoms with Crippen molar-refractivity contribution in [2.45, 2.75) is 418 Å². The van der Waals surface area contributed by atoms with Crippen LogP contribution in [0.15, 0.2) is 24.3 Å². The number of quaternary nitrogens is 1. The molecular weight excluding hydrogens is 1110 g/mol. The van der Waals surface area contributed by atoms with Gasteiger partial charge in [-0.05, 0) is 64.2 Å². The van der Waals surface area contributed by atoms with E-state index in [1.165, 1.54) is 347 Å². The van der Waals surface area contributed by atoms with E-state index in [9.17, 15) is 19.0 Å². The van der Waals surface area contributed by atoms with Gasteiger partial charge < -0.3 is 27.9 Å². The van der Waals surface area contributed by atoms with Gasteiger partial charge >= 0.3 is 11.9 Å². The number of nitrogens with zero attached hydrogens (tertiary/aromatic N) is 1. The molecule has 0 spiro atoms. The molecule has 0 aliphatic carbocycles. The van der Waals surface area contributed by atoms with Crippen molar-refractivity contribution in [2.75, 3.05) is 47.5 Å². The van der Waals surface area contributed by atoms with E-state index in [4.69, 9.17) is 18.5 Å². The highest BCUT2D eigenvalue weighted by atomic mass is 31.2. The molecular formula is C78H152NO8P. The molecule has 0 N–H and O–H groups in total. The lowest BCUT2D eigenvalue weighted by atomic mass is 10.0. The zero-order valence-corrected chi connectivity index (χ0v) is 60.6. The highest BCUT2D eigenvalue weighted by Gasteiger charge is 2.22. The molecule has 0 aliphatic rings. The summed E-state index contributed by atoms with van der Waals surface area (Å²) < 4.78 is 34.4. The number of phosphoric acid groups is 1. The van der Waals surface area contributed by atoms with Crippen molar-refractivity contribution in [3.05, 3.63) is 24.3 Å². The number of carbonyl (C=O) groups excluding carboxylic acids is 2. The van der Waals surface area contributed by atoms with Crippen LogP contribution in [0.2, 0.25) is 0 Å². The smallest absolute Gasteiger partial charge is 0.306 e. The van der Waals surface area contributed by atoms with Crippen molar-refractivity contribution in [3.8, 4) is 0 Å². The topological polar surface area (TPSA) is 111 Å². The lowest BCUT2D eigenvalue weighted by molar-refractivity contribution is -0.870. The molecule has 0 rings (SSSR count). The zero-order chi connectivity index (χ0) is 64.1. The molecule has 0 saturated carbocycles. The largest absolute Gasteiger partial charge is 0.756 e. The number of carbonyl (C=O) groups is 2. The molecule has 0 fully saturated rings. The van der Waals surface area contributed by atoms with Crippen molar-refractivity contribution in [3.63, 3.8) is 0 Å². The average molecular weight is 1260 g/mol. The number of unbranched alkanes of at least 4 members (excludes halogenated alkanes) is 56. The number of ether oxygens (including phenoxy) is 2. The van der Waals surface area contributed by atoms with Crippen molar-refractivity contribution < 1.29 is 42.1 Å². The predicted octanol–water partition coefficient (Wildman–Crippen LogP) is 25.0. The summed E-state index contributed by atoms with van der Waals surface area (Å²) in [7, 11) is 1.19. The van der Waals surface area contributed by atoms with Gasteiger partial charge in [0, 0.05) is 12.8 Å². The number of hydrogen-bond donors (Lipinski definition) is 0. The molecule has 9 nitrogen and oxygen atoms in total. The van der Waals surface area contributed by atoms with Crippen LogP contribution in [0.1, 0.15) is 412 Å². The molecule has 0 bridgehead atoms. The number of hydrogen-bond acceptors (Lipinski definition) is 8. The van der Waals surface area contributed by atoms with Gasteiger partial charge in [0.25, 0.3) is 7.82 Å². The van der Waals surface area contributed by atoms with Gasteiger partial charge in [0.05, 0.1) is 27.7 Å². The van der Waals surface area contributed by atoms with Gasteiger partial charge in [-0.1, -0.05) is 359 Å². The zero-order valence-electron chi connectivity index (χ0n) is 59.7. The third kappa shape index (κ3) is 73.5. The van der Waals surface area contributed by atoms with E-state index in [-0.39, 0.29) is 32.0 Å². The summed E-state index contributed by atoms with van der Waals surface area (Å²) in [5.41, 5.74) is 0. The molecule has 0 aliphatic heterocycles. The molecule has 0 aromatic carbocycles. The van der Waals surface area contributed by atoms with Crippen molar-refractivity contribution in [1.82, 2.24) is 0 Å². The molecule has 0 radical (unpaired) electrons. The Morgan fingerprint density at radius 2 is 0.580 bits per heavy atom. The molecule has 0 saturated heterocycles. The highest BCUT2D eigenvalue weighted by molar-refractivity contribution is 7.45. The summed E-state index contributed by atoms with van der Waals surface area (Å²) in [5, 5.41) is 0. The van der Waals surface area contributed by atoms with Crippen LogP contribution in [0, 0.1) is 0 Å². The lowest BCUT2D eigenvalue weighted by Gasteiger charge is -2.28. The Hall–Kier alpha value is -1.51. The fourth-order valence-electron chi connectivity index (χ4n) is 11.9. The first kappa shape index (κ1) is 86.5. The summed E-state index contributed by atoms with van der Waals surface area (Å²) in [6.07, 6.45) is 88.7. The summed E-state index contributed by atoms with van der Waals surface area (Å²) >= 11 is 0. The second-order valence-corrected chi connectivity index (χ2v) is 29.5. The van der Waals surface area contributed by atoms with E-state index < -0.39 is 26.5 Å². The van der Waals surface area contributed by atoms with Crippen LogP contribution in [0.4, 0.5) is 0 Å². The van der Waals surface area contributed by atoms with E-state index in [0.29, 0.717) is 17.4 Å². The van der Waals surface area contributed by atoms with E-state index in [1.54, 1.807) is 0 Å². The molecule has 522 valence electrons. The molecule has 0 amide bonds. The fourth-order valence-corrected chi connectivity index (χ4v) is 12.7. The highest BCUT2D eigenvalue weighted by Crippen LogP contribution is 2.38. The Morgan fingerprint density at radius 1 is 0.341 bits per heavy atom. The lowest BCUT2D eigenvalue weighted by Crippen LogP contribution is -2.37. The van der Waals surface area contributed by atoms with Gasteiger partial charge in [-0.25, -0.2) is 0 Å². The standard InChI is InChI=1S/C78H152NO8P/c1-6-8-10-12-14-16-18-20-22-24-26-28-30-32-34-36-37-38-39-40-41-43-45-47-49-51-53-55-57-59-61-63-65-67-69-71-78(81)87-76(75-86-88(82,83)85-73-72-79(3,4)5)74-84-77(80)70-68-66-64-62-60-58-56-54-52-50-48-46-44-42-35-33-31-29-27-25-23-21-19-17-15-13-11-9-7-2/h24-27,76H,6-23,28-75H2,1-5H3/b26-24-,27-25-. The van der Waals surface area contributed by atoms with E-state index in [2.05, 4.69) is 38.2 Å². The molecule has 0 heterocycles. The summed E-state index contributed by atoms with van der Waals surface area (Å²) in [5.74, 6) is -0.806. The van der Waals surface area contributed by atoms with E-state index in [0.717, 1.165) is 32.1 Å². The van der Waals surface area contributed by atoms with Gasteiger partial charge in [0.2, 0.25) is 0 Å². The first-order valence-electron chi connectivity index (χ1n) is 39.0. The first-order valence-corrected chi connectivity index (χ1v) is 40.5.